The van der Waals surface area contributed by atoms with Crippen LogP contribution in [0.1, 0.15) is 44.1 Å². The molecule has 3 rings (SSSR count). The van der Waals surface area contributed by atoms with Gasteiger partial charge >= 0.3 is 6.03 Å². The molecule has 2 fully saturated rings. The first-order valence-electron chi connectivity index (χ1n) is 8.51. The maximum Gasteiger partial charge on any atom is 0.325 e. The van der Waals surface area contributed by atoms with E-state index in [2.05, 4.69) is 10.6 Å². The van der Waals surface area contributed by atoms with Crippen LogP contribution in [0.3, 0.4) is 0 Å². The SMILES string of the molecule is Cc1ccc(NC(=O)CN2C(=O)NC3(CCCCCC3)C2=O)cc1. The molecular weight excluding hydrogens is 306 g/mol. The number of hydrogen-bond donors (Lipinski definition) is 2. The molecule has 1 spiro atoms. The third-order valence-corrected chi connectivity index (χ3v) is 4.84. The number of imide groups is 1. The normalized spacial score (nSPS) is 20.0. The van der Waals surface area contributed by atoms with Crippen LogP contribution in [0, 0.1) is 6.92 Å². The molecule has 2 N–H and O–H groups in total. The van der Waals surface area contributed by atoms with Crippen molar-refractivity contribution in [3.8, 4) is 0 Å². The van der Waals surface area contributed by atoms with Crippen molar-refractivity contribution in [2.75, 3.05) is 11.9 Å². The Bertz CT molecular complexity index is 646. The van der Waals surface area contributed by atoms with Crippen LogP contribution in [-0.2, 0) is 9.59 Å². The summed E-state index contributed by atoms with van der Waals surface area (Å²) in [7, 11) is 0. The van der Waals surface area contributed by atoms with Gasteiger partial charge in [0, 0.05) is 5.69 Å². The quantitative estimate of drug-likeness (QED) is 0.837. The highest BCUT2D eigenvalue weighted by molar-refractivity contribution is 6.10. The molecule has 1 aromatic rings. The fourth-order valence-corrected chi connectivity index (χ4v) is 3.47. The van der Waals surface area contributed by atoms with Gasteiger partial charge < -0.3 is 10.6 Å². The molecule has 0 unspecified atom stereocenters. The van der Waals surface area contributed by atoms with Gasteiger partial charge in [0.25, 0.3) is 5.91 Å². The number of carbonyl (C=O) groups is 3. The van der Waals surface area contributed by atoms with Gasteiger partial charge in [0.15, 0.2) is 0 Å². The van der Waals surface area contributed by atoms with Gasteiger partial charge in [-0.3, -0.25) is 14.5 Å². The highest BCUT2D eigenvalue weighted by atomic mass is 16.2. The van der Waals surface area contributed by atoms with Crippen molar-refractivity contribution in [1.29, 1.82) is 0 Å². The first kappa shape index (κ1) is 16.5. The molecule has 1 aromatic carbocycles. The molecule has 128 valence electrons. The van der Waals surface area contributed by atoms with Crippen LogP contribution in [0.4, 0.5) is 10.5 Å². The van der Waals surface area contributed by atoms with Crippen LogP contribution in [0.2, 0.25) is 0 Å². The Morgan fingerprint density at radius 1 is 1.12 bits per heavy atom. The van der Waals surface area contributed by atoms with Crippen molar-refractivity contribution >= 4 is 23.5 Å². The lowest BCUT2D eigenvalue weighted by atomic mass is 9.90. The van der Waals surface area contributed by atoms with Gasteiger partial charge in [0.05, 0.1) is 0 Å². The first-order valence-corrected chi connectivity index (χ1v) is 8.51. The van der Waals surface area contributed by atoms with Crippen molar-refractivity contribution < 1.29 is 14.4 Å². The number of hydrogen-bond acceptors (Lipinski definition) is 3. The second-order valence-corrected chi connectivity index (χ2v) is 6.73. The number of rotatable bonds is 3. The van der Waals surface area contributed by atoms with Crippen LogP contribution in [0.15, 0.2) is 24.3 Å². The summed E-state index contributed by atoms with van der Waals surface area (Å²) < 4.78 is 0. The van der Waals surface area contributed by atoms with Gasteiger partial charge in [0.1, 0.15) is 12.1 Å². The maximum absolute atomic E-state index is 12.7. The molecule has 1 saturated heterocycles. The maximum atomic E-state index is 12.7. The lowest BCUT2D eigenvalue weighted by Gasteiger charge is -2.24. The number of urea groups is 1. The molecule has 0 aromatic heterocycles. The van der Waals surface area contributed by atoms with E-state index in [0.717, 1.165) is 36.1 Å². The molecule has 1 heterocycles. The molecule has 1 aliphatic heterocycles. The number of nitrogens with one attached hydrogen (secondary N) is 2. The van der Waals surface area contributed by atoms with E-state index in [1.807, 2.05) is 19.1 Å². The predicted molar refractivity (Wildman–Crippen MR) is 90.5 cm³/mol. The Morgan fingerprint density at radius 3 is 2.38 bits per heavy atom. The van der Waals surface area contributed by atoms with E-state index in [4.69, 9.17) is 0 Å². The second kappa shape index (κ2) is 6.63. The molecule has 24 heavy (non-hydrogen) atoms. The van der Waals surface area contributed by atoms with Crippen molar-refractivity contribution in [3.05, 3.63) is 29.8 Å². The Balaban J connectivity index is 1.66. The summed E-state index contributed by atoms with van der Waals surface area (Å²) in [6.45, 7) is 1.71. The number of anilines is 1. The van der Waals surface area contributed by atoms with Gasteiger partial charge in [-0.15, -0.1) is 0 Å². The molecule has 4 amide bonds. The summed E-state index contributed by atoms with van der Waals surface area (Å²) in [5.74, 6) is -0.624. The second-order valence-electron chi connectivity index (χ2n) is 6.73. The third-order valence-electron chi connectivity index (χ3n) is 4.84. The van der Waals surface area contributed by atoms with E-state index in [0.29, 0.717) is 18.5 Å². The minimum absolute atomic E-state index is 0.250. The van der Waals surface area contributed by atoms with Gasteiger partial charge in [-0.25, -0.2) is 4.79 Å². The molecule has 1 saturated carbocycles. The Labute approximate surface area is 141 Å². The Kier molecular flexibility index (Phi) is 4.55. The first-order chi connectivity index (χ1) is 11.5. The van der Waals surface area contributed by atoms with Crippen LogP contribution in [0.5, 0.6) is 0 Å². The van der Waals surface area contributed by atoms with Crippen molar-refractivity contribution in [1.82, 2.24) is 10.2 Å². The molecule has 2 aliphatic rings. The van der Waals surface area contributed by atoms with Gasteiger partial charge in [-0.1, -0.05) is 43.4 Å². The smallest absolute Gasteiger partial charge is 0.325 e. The molecule has 1 aliphatic carbocycles. The van der Waals surface area contributed by atoms with E-state index in [-0.39, 0.29) is 18.4 Å². The topological polar surface area (TPSA) is 78.5 Å². The average Bonchev–Trinajstić information content (AvgIpc) is 2.73. The van der Waals surface area contributed by atoms with Gasteiger partial charge in [-0.2, -0.15) is 0 Å². The highest BCUT2D eigenvalue weighted by Gasteiger charge is 2.51. The molecule has 6 nitrogen and oxygen atoms in total. The zero-order chi connectivity index (χ0) is 17.2. The van der Waals surface area contributed by atoms with Crippen LogP contribution >= 0.6 is 0 Å². The molecule has 6 heteroatoms. The van der Waals surface area contributed by atoms with E-state index in [9.17, 15) is 14.4 Å². The molecule has 0 atom stereocenters. The fourth-order valence-electron chi connectivity index (χ4n) is 3.47. The van der Waals surface area contributed by atoms with E-state index in [1.54, 1.807) is 12.1 Å². The Hall–Kier alpha value is -2.37. The van der Waals surface area contributed by atoms with Crippen LogP contribution in [-0.4, -0.2) is 34.8 Å². The zero-order valence-electron chi connectivity index (χ0n) is 13.9. The summed E-state index contributed by atoms with van der Waals surface area (Å²) in [4.78, 5) is 38.2. The van der Waals surface area contributed by atoms with E-state index < -0.39 is 11.6 Å². The van der Waals surface area contributed by atoms with Crippen LogP contribution < -0.4 is 10.6 Å². The van der Waals surface area contributed by atoms with Crippen LogP contribution in [0.25, 0.3) is 0 Å². The van der Waals surface area contributed by atoms with Gasteiger partial charge in [-0.05, 0) is 31.9 Å². The number of aryl methyl sites for hydroxylation is 1. The largest absolute Gasteiger partial charge is 0.325 e. The fraction of sp³-hybridized carbons (Fsp3) is 0.500. The number of amides is 4. The molecule has 0 radical (unpaired) electrons. The summed E-state index contributed by atoms with van der Waals surface area (Å²) in [5.41, 5.74) is 0.955. The number of benzene rings is 1. The molecule has 0 bridgehead atoms. The van der Waals surface area contributed by atoms with E-state index >= 15 is 0 Å². The minimum atomic E-state index is -0.794. The summed E-state index contributed by atoms with van der Waals surface area (Å²) in [5, 5.41) is 5.57. The summed E-state index contributed by atoms with van der Waals surface area (Å²) >= 11 is 0. The zero-order valence-corrected chi connectivity index (χ0v) is 13.9. The minimum Gasteiger partial charge on any atom is -0.325 e. The molecular formula is C18H23N3O3. The summed E-state index contributed by atoms with van der Waals surface area (Å²) in [6, 6.07) is 6.92. The standard InChI is InChI=1S/C18H23N3O3/c1-13-6-8-14(9-7-13)19-15(22)12-21-16(23)18(20-17(21)24)10-4-2-3-5-11-18/h6-9H,2-5,10-12H2,1H3,(H,19,22)(H,20,24). The predicted octanol–water partition coefficient (Wildman–Crippen LogP) is 2.58. The number of carbonyl (C=O) groups excluding carboxylic acids is 3. The average molecular weight is 329 g/mol. The lowest BCUT2D eigenvalue weighted by Crippen LogP contribution is -2.47. The van der Waals surface area contributed by atoms with Crippen molar-refractivity contribution in [2.24, 2.45) is 0 Å². The Morgan fingerprint density at radius 2 is 1.75 bits per heavy atom. The number of nitrogens with zero attached hydrogens (tertiary/aromatic N) is 1. The van der Waals surface area contributed by atoms with Gasteiger partial charge in [0.2, 0.25) is 5.91 Å². The lowest BCUT2D eigenvalue weighted by molar-refractivity contribution is -0.134. The third kappa shape index (κ3) is 3.27. The monoisotopic (exact) mass is 329 g/mol. The van der Waals surface area contributed by atoms with E-state index in [1.165, 1.54) is 0 Å². The van der Waals surface area contributed by atoms with Crippen molar-refractivity contribution in [3.63, 3.8) is 0 Å². The van der Waals surface area contributed by atoms with Crippen molar-refractivity contribution in [2.45, 2.75) is 51.0 Å². The highest BCUT2D eigenvalue weighted by Crippen LogP contribution is 2.32. The summed E-state index contributed by atoms with van der Waals surface area (Å²) in [6.07, 6.45) is 5.34.